The molecular weight excluding hydrogens is 144 g/mol. The first-order chi connectivity index (χ1) is 4.86. The molecule has 0 unspecified atom stereocenters. The van der Waals surface area contributed by atoms with Crippen LogP contribution in [0.4, 0.5) is 0 Å². The van der Waals surface area contributed by atoms with E-state index in [2.05, 4.69) is 0 Å². The Morgan fingerprint density at radius 1 is 1.45 bits per heavy atom. The third kappa shape index (κ3) is 3.98. The fourth-order valence-corrected chi connectivity index (χ4v) is 0.434. The summed E-state index contributed by atoms with van der Waals surface area (Å²) in [5.74, 6) is -0.827. The molecule has 0 bridgehead atoms. The summed E-state index contributed by atoms with van der Waals surface area (Å²) in [6.07, 6.45) is 0. The van der Waals surface area contributed by atoms with E-state index in [-0.39, 0.29) is 0 Å². The molecule has 0 heterocycles. The number of hydrogen-bond donors (Lipinski definition) is 0. The second kappa shape index (κ2) is 3.72. The van der Waals surface area contributed by atoms with Gasteiger partial charge in [0.1, 0.15) is 0 Å². The van der Waals surface area contributed by atoms with Crippen molar-refractivity contribution in [1.82, 2.24) is 0 Å². The zero-order valence-corrected chi connectivity index (χ0v) is 7.51. The number of rotatable bonds is 4. The van der Waals surface area contributed by atoms with Gasteiger partial charge in [0.25, 0.3) is 0 Å². The molecule has 0 aromatic rings. The molecule has 0 aromatic heterocycles. The first-order valence-electron chi connectivity index (χ1n) is 3.71. The lowest BCUT2D eigenvalue weighted by atomic mass is 10.1. The molecule has 0 aliphatic carbocycles. The highest BCUT2D eigenvalue weighted by Crippen LogP contribution is 2.10. The normalized spacial score (nSPS) is 12.1. The third-order valence-corrected chi connectivity index (χ3v) is 1.27. The smallest absolute Gasteiger partial charge is 0.363 e. The number of ether oxygens (including phenoxy) is 1. The average molecular weight is 159 g/mol. The topological polar surface area (TPSA) is 46.2 Å². The predicted molar refractivity (Wildman–Crippen MR) is 40.6 cm³/mol. The van der Waals surface area contributed by atoms with Gasteiger partial charge in [0.05, 0.1) is 6.61 Å². The molecule has 0 atom stereocenters. The van der Waals surface area contributed by atoms with Crippen molar-refractivity contribution in [3.8, 4) is 0 Å². The van der Waals surface area contributed by atoms with Gasteiger partial charge in [-0.3, -0.25) is 0 Å². The van der Waals surface area contributed by atoms with Crippen molar-refractivity contribution in [3.05, 3.63) is 0 Å². The molecule has 3 heteroatoms. The highest BCUT2D eigenvalue weighted by atomic mass is 16.5. The van der Waals surface area contributed by atoms with E-state index in [1.54, 1.807) is 0 Å². The van der Waals surface area contributed by atoms with E-state index >= 15 is 0 Å². The summed E-state index contributed by atoms with van der Waals surface area (Å²) in [4.78, 5) is 10.4. The van der Waals surface area contributed by atoms with E-state index in [4.69, 9.17) is 4.74 Å². The fourth-order valence-electron chi connectivity index (χ4n) is 0.434. The monoisotopic (exact) mass is 159 g/mol. The second-order valence-electron chi connectivity index (χ2n) is 3.50. The molecule has 0 spiro atoms. The molecule has 0 saturated carbocycles. The molecule has 0 fully saturated rings. The van der Waals surface area contributed by atoms with Crippen molar-refractivity contribution in [2.75, 3.05) is 6.61 Å². The van der Waals surface area contributed by atoms with Crippen molar-refractivity contribution in [1.29, 1.82) is 0 Å². The SMILES string of the molecule is CC(C)COC(C)(C)C([O])=O. The molecule has 1 radical (unpaired) electrons. The van der Waals surface area contributed by atoms with E-state index in [9.17, 15) is 9.90 Å². The van der Waals surface area contributed by atoms with E-state index in [0.29, 0.717) is 12.5 Å². The van der Waals surface area contributed by atoms with Crippen LogP contribution in [0.15, 0.2) is 0 Å². The molecule has 0 N–H and O–H groups in total. The van der Waals surface area contributed by atoms with Crippen molar-refractivity contribution < 1.29 is 14.6 Å². The maximum Gasteiger partial charge on any atom is 0.386 e. The van der Waals surface area contributed by atoms with Crippen LogP contribution in [0.25, 0.3) is 0 Å². The summed E-state index contributed by atoms with van der Waals surface area (Å²) >= 11 is 0. The summed E-state index contributed by atoms with van der Waals surface area (Å²) in [5.41, 5.74) is -1.16. The van der Waals surface area contributed by atoms with Crippen molar-refractivity contribution >= 4 is 5.97 Å². The standard InChI is InChI=1S/C8H15O3/c1-6(2)5-11-8(3,4)7(9)10/h6H,5H2,1-4H3. The van der Waals surface area contributed by atoms with Gasteiger partial charge in [0.15, 0.2) is 5.60 Å². The van der Waals surface area contributed by atoms with Gasteiger partial charge in [-0.25, -0.2) is 9.90 Å². The molecule has 65 valence electrons. The van der Waals surface area contributed by atoms with E-state index < -0.39 is 11.6 Å². The maximum atomic E-state index is 10.4. The van der Waals surface area contributed by atoms with Gasteiger partial charge in [-0.2, -0.15) is 0 Å². The molecule has 3 nitrogen and oxygen atoms in total. The Kier molecular flexibility index (Phi) is 3.52. The Balaban J connectivity index is 3.83. The molecule has 11 heavy (non-hydrogen) atoms. The Labute approximate surface area is 67.4 Å². The van der Waals surface area contributed by atoms with E-state index in [0.717, 1.165) is 0 Å². The highest BCUT2D eigenvalue weighted by molar-refractivity contribution is 5.75. The zero-order valence-electron chi connectivity index (χ0n) is 7.51. The fraction of sp³-hybridized carbons (Fsp3) is 0.875. The lowest BCUT2D eigenvalue weighted by molar-refractivity contribution is -0.169. The summed E-state index contributed by atoms with van der Waals surface area (Å²) in [6, 6.07) is 0. The number of carbonyl (C=O) groups excluding carboxylic acids is 1. The van der Waals surface area contributed by atoms with Crippen molar-refractivity contribution in [3.63, 3.8) is 0 Å². The van der Waals surface area contributed by atoms with Gasteiger partial charge in [-0.15, -0.1) is 0 Å². The molecule has 0 aromatic carbocycles. The Hall–Kier alpha value is -0.570. The van der Waals surface area contributed by atoms with Crippen LogP contribution in [0.2, 0.25) is 0 Å². The van der Waals surface area contributed by atoms with Crippen LogP contribution in [0.5, 0.6) is 0 Å². The van der Waals surface area contributed by atoms with Gasteiger partial charge < -0.3 is 4.74 Å². The van der Waals surface area contributed by atoms with Crippen molar-refractivity contribution in [2.24, 2.45) is 5.92 Å². The molecule has 0 aliphatic rings. The third-order valence-electron chi connectivity index (χ3n) is 1.27. The molecule has 0 rings (SSSR count). The van der Waals surface area contributed by atoms with Gasteiger partial charge in [-0.1, -0.05) is 13.8 Å². The minimum absolute atomic E-state index is 0.341. The van der Waals surface area contributed by atoms with E-state index in [1.165, 1.54) is 13.8 Å². The van der Waals surface area contributed by atoms with Crippen LogP contribution >= 0.6 is 0 Å². The van der Waals surface area contributed by atoms with Crippen LogP contribution in [0, 0.1) is 5.92 Å². The van der Waals surface area contributed by atoms with Gasteiger partial charge in [0, 0.05) is 0 Å². The number of hydrogen-bond acceptors (Lipinski definition) is 2. The summed E-state index contributed by atoms with van der Waals surface area (Å²) in [7, 11) is 0. The average Bonchev–Trinajstić information content (AvgIpc) is 1.84. The Morgan fingerprint density at radius 2 is 1.91 bits per heavy atom. The maximum absolute atomic E-state index is 10.4. The van der Waals surface area contributed by atoms with Gasteiger partial charge >= 0.3 is 5.97 Å². The van der Waals surface area contributed by atoms with Crippen LogP contribution in [-0.2, 0) is 14.6 Å². The van der Waals surface area contributed by atoms with Crippen LogP contribution < -0.4 is 0 Å². The van der Waals surface area contributed by atoms with Gasteiger partial charge in [-0.05, 0) is 19.8 Å². The zero-order chi connectivity index (χ0) is 9.07. The minimum atomic E-state index is -1.17. The molecule has 0 aliphatic heterocycles. The van der Waals surface area contributed by atoms with Crippen LogP contribution in [0.1, 0.15) is 27.7 Å². The summed E-state index contributed by atoms with van der Waals surface area (Å²) in [6.45, 7) is 7.35. The second-order valence-corrected chi connectivity index (χ2v) is 3.50. The summed E-state index contributed by atoms with van der Waals surface area (Å²) in [5, 5.41) is 10.4. The van der Waals surface area contributed by atoms with Crippen LogP contribution in [0.3, 0.4) is 0 Å². The highest BCUT2D eigenvalue weighted by Gasteiger charge is 2.29. The van der Waals surface area contributed by atoms with Crippen molar-refractivity contribution in [2.45, 2.75) is 33.3 Å². The Bertz CT molecular complexity index is 138. The number of carbonyl (C=O) groups is 1. The quantitative estimate of drug-likeness (QED) is 0.622. The molecule has 0 saturated heterocycles. The lowest BCUT2D eigenvalue weighted by Crippen LogP contribution is -2.35. The molecule has 0 amide bonds. The Morgan fingerprint density at radius 3 is 2.18 bits per heavy atom. The minimum Gasteiger partial charge on any atom is -0.363 e. The largest absolute Gasteiger partial charge is 0.386 e. The summed E-state index contributed by atoms with van der Waals surface area (Å²) < 4.78 is 5.09. The first-order valence-corrected chi connectivity index (χ1v) is 3.71. The van der Waals surface area contributed by atoms with Gasteiger partial charge in [0.2, 0.25) is 0 Å². The first kappa shape index (κ1) is 10.4. The predicted octanol–water partition coefficient (Wildman–Crippen LogP) is 1.39. The molecular formula is C8H15O3. The van der Waals surface area contributed by atoms with Crippen LogP contribution in [-0.4, -0.2) is 18.2 Å². The van der Waals surface area contributed by atoms with E-state index in [1.807, 2.05) is 13.8 Å². The lowest BCUT2D eigenvalue weighted by Gasteiger charge is -2.19.